The van der Waals surface area contributed by atoms with Gasteiger partial charge in [0.2, 0.25) is 5.91 Å². The third kappa shape index (κ3) is 6.60. The summed E-state index contributed by atoms with van der Waals surface area (Å²) in [5.41, 5.74) is 0. The van der Waals surface area contributed by atoms with E-state index in [9.17, 15) is 4.79 Å². The van der Waals surface area contributed by atoms with Gasteiger partial charge in [-0.25, -0.2) is 0 Å². The van der Waals surface area contributed by atoms with Crippen molar-refractivity contribution in [3.63, 3.8) is 0 Å². The zero-order chi connectivity index (χ0) is 19.6. The summed E-state index contributed by atoms with van der Waals surface area (Å²) < 4.78 is 21.3. The Morgan fingerprint density at radius 3 is 2.26 bits per heavy atom. The highest BCUT2D eigenvalue weighted by molar-refractivity contribution is 8.00. The molecule has 0 aromatic heterocycles. The van der Waals surface area contributed by atoms with E-state index in [1.165, 1.54) is 11.8 Å². The molecule has 0 radical (unpaired) electrons. The van der Waals surface area contributed by atoms with Gasteiger partial charge in [0.15, 0.2) is 11.5 Å². The fraction of sp³-hybridized carbons (Fsp3) is 0.350. The van der Waals surface area contributed by atoms with E-state index in [1.54, 1.807) is 21.3 Å². The van der Waals surface area contributed by atoms with Crippen molar-refractivity contribution in [2.24, 2.45) is 0 Å². The third-order valence-corrected chi connectivity index (χ3v) is 4.69. The molecule has 2 aromatic carbocycles. The summed E-state index contributed by atoms with van der Waals surface area (Å²) in [6.45, 7) is 2.29. The molecule has 1 N–H and O–H groups in total. The van der Waals surface area contributed by atoms with E-state index in [0.29, 0.717) is 23.9 Å². The predicted octanol–water partition coefficient (Wildman–Crippen LogP) is 3.39. The van der Waals surface area contributed by atoms with Crippen LogP contribution in [0, 0.1) is 0 Å². The molecular formula is C20H25NO5S. The molecule has 0 saturated carbocycles. The van der Waals surface area contributed by atoms with Gasteiger partial charge in [-0.3, -0.25) is 4.79 Å². The molecule has 0 aliphatic rings. The number of methoxy groups -OCH3 is 3. The predicted molar refractivity (Wildman–Crippen MR) is 106 cm³/mol. The fourth-order valence-corrected chi connectivity index (χ4v) is 3.04. The Morgan fingerprint density at radius 2 is 1.63 bits per heavy atom. The van der Waals surface area contributed by atoms with Gasteiger partial charge in [0, 0.05) is 4.90 Å². The Hall–Kier alpha value is -2.54. The number of nitrogens with one attached hydrogen (secondary N) is 1. The Labute approximate surface area is 164 Å². The number of rotatable bonds is 10. The summed E-state index contributed by atoms with van der Waals surface area (Å²) in [6, 6.07) is 12.8. The fourth-order valence-electron chi connectivity index (χ4n) is 2.31. The lowest BCUT2D eigenvalue weighted by Gasteiger charge is -2.15. The van der Waals surface area contributed by atoms with Crippen LogP contribution in [-0.4, -0.2) is 45.6 Å². The molecule has 146 valence electrons. The Morgan fingerprint density at radius 1 is 0.963 bits per heavy atom. The minimum atomic E-state index is -0.106. The van der Waals surface area contributed by atoms with Gasteiger partial charge in [-0.15, -0.1) is 11.8 Å². The largest absolute Gasteiger partial charge is 0.497 e. The number of hydrogen-bond acceptors (Lipinski definition) is 6. The third-order valence-electron chi connectivity index (χ3n) is 3.69. The Balaban J connectivity index is 1.75. The average Bonchev–Trinajstić information content (AvgIpc) is 2.70. The van der Waals surface area contributed by atoms with E-state index in [0.717, 1.165) is 16.4 Å². The number of thioether (sulfide) groups is 1. The molecule has 2 rings (SSSR count). The highest BCUT2D eigenvalue weighted by Gasteiger charge is 2.10. The van der Waals surface area contributed by atoms with E-state index in [1.807, 2.05) is 49.4 Å². The molecule has 0 unspecified atom stereocenters. The molecule has 0 bridgehead atoms. The van der Waals surface area contributed by atoms with E-state index in [-0.39, 0.29) is 11.9 Å². The second-order valence-electron chi connectivity index (χ2n) is 5.76. The maximum Gasteiger partial charge on any atom is 0.230 e. The average molecular weight is 391 g/mol. The van der Waals surface area contributed by atoms with Crippen LogP contribution in [0.1, 0.15) is 6.92 Å². The van der Waals surface area contributed by atoms with Crippen molar-refractivity contribution in [2.75, 3.05) is 33.7 Å². The lowest BCUT2D eigenvalue weighted by atomic mass is 10.3. The topological polar surface area (TPSA) is 66.0 Å². The van der Waals surface area contributed by atoms with Crippen molar-refractivity contribution in [1.29, 1.82) is 0 Å². The lowest BCUT2D eigenvalue weighted by molar-refractivity contribution is -0.119. The first kappa shape index (κ1) is 20.8. The molecular weight excluding hydrogens is 366 g/mol. The summed E-state index contributed by atoms with van der Waals surface area (Å²) >= 11 is 1.44. The van der Waals surface area contributed by atoms with E-state index in [4.69, 9.17) is 18.9 Å². The summed E-state index contributed by atoms with van der Waals surface area (Å²) in [5, 5.41) is 2.93. The first-order valence-corrected chi connectivity index (χ1v) is 9.45. The second-order valence-corrected chi connectivity index (χ2v) is 6.81. The lowest BCUT2D eigenvalue weighted by Crippen LogP contribution is -2.37. The molecule has 0 aliphatic carbocycles. The number of benzene rings is 2. The maximum atomic E-state index is 12.1. The van der Waals surface area contributed by atoms with Crippen LogP contribution in [0.3, 0.4) is 0 Å². The van der Waals surface area contributed by atoms with Crippen LogP contribution in [0.2, 0.25) is 0 Å². The van der Waals surface area contributed by atoms with Crippen molar-refractivity contribution < 1.29 is 23.7 Å². The number of amides is 1. The second kappa shape index (κ2) is 10.6. The Bertz CT molecular complexity index is 736. The van der Waals surface area contributed by atoms with Crippen molar-refractivity contribution in [3.8, 4) is 23.0 Å². The molecule has 2 aromatic rings. The minimum Gasteiger partial charge on any atom is -0.497 e. The standard InChI is InChI=1S/C20H25NO5S/c1-14(12-26-16-7-5-15(23-2)6-8-16)21-20(22)13-27-17-9-10-18(24-3)19(11-17)25-4/h5-11,14H,12-13H2,1-4H3,(H,21,22)/t14-/m0/s1. The smallest absolute Gasteiger partial charge is 0.230 e. The van der Waals surface area contributed by atoms with Gasteiger partial charge < -0.3 is 24.3 Å². The SMILES string of the molecule is COc1ccc(OC[C@H](C)NC(=O)CSc2ccc(OC)c(OC)c2)cc1. The van der Waals surface area contributed by atoms with Gasteiger partial charge >= 0.3 is 0 Å². The zero-order valence-corrected chi connectivity index (χ0v) is 16.8. The molecule has 1 atom stereocenters. The van der Waals surface area contributed by atoms with Gasteiger partial charge in [0.25, 0.3) is 0 Å². The van der Waals surface area contributed by atoms with E-state index < -0.39 is 0 Å². The number of hydrogen-bond donors (Lipinski definition) is 1. The summed E-state index contributed by atoms with van der Waals surface area (Å²) in [6.07, 6.45) is 0. The molecule has 0 aliphatic heterocycles. The molecule has 7 heteroatoms. The molecule has 0 saturated heterocycles. The molecule has 0 fully saturated rings. The van der Waals surface area contributed by atoms with Gasteiger partial charge in [-0.1, -0.05) is 0 Å². The van der Waals surface area contributed by atoms with Crippen molar-refractivity contribution in [2.45, 2.75) is 17.9 Å². The van der Waals surface area contributed by atoms with Crippen LogP contribution in [0.25, 0.3) is 0 Å². The molecule has 27 heavy (non-hydrogen) atoms. The van der Waals surface area contributed by atoms with Gasteiger partial charge in [-0.2, -0.15) is 0 Å². The highest BCUT2D eigenvalue weighted by atomic mass is 32.2. The first-order chi connectivity index (χ1) is 13.0. The van der Waals surface area contributed by atoms with Crippen LogP contribution >= 0.6 is 11.8 Å². The first-order valence-electron chi connectivity index (χ1n) is 8.46. The molecule has 0 heterocycles. The normalized spacial score (nSPS) is 11.4. The zero-order valence-electron chi connectivity index (χ0n) is 16.0. The molecule has 0 spiro atoms. The van der Waals surface area contributed by atoms with E-state index >= 15 is 0 Å². The maximum absolute atomic E-state index is 12.1. The minimum absolute atomic E-state index is 0.0550. The monoisotopic (exact) mass is 391 g/mol. The highest BCUT2D eigenvalue weighted by Crippen LogP contribution is 2.31. The van der Waals surface area contributed by atoms with Crippen LogP contribution in [0.4, 0.5) is 0 Å². The van der Waals surface area contributed by atoms with Crippen LogP contribution < -0.4 is 24.3 Å². The van der Waals surface area contributed by atoms with Crippen LogP contribution in [-0.2, 0) is 4.79 Å². The van der Waals surface area contributed by atoms with E-state index in [2.05, 4.69) is 5.32 Å². The number of carbonyl (C=O) groups is 1. The van der Waals surface area contributed by atoms with Crippen molar-refractivity contribution in [1.82, 2.24) is 5.32 Å². The van der Waals surface area contributed by atoms with Crippen LogP contribution in [0.15, 0.2) is 47.4 Å². The molecule has 6 nitrogen and oxygen atoms in total. The Kier molecular flexibility index (Phi) is 8.13. The quantitative estimate of drug-likeness (QED) is 0.627. The van der Waals surface area contributed by atoms with Gasteiger partial charge in [0.1, 0.15) is 18.1 Å². The van der Waals surface area contributed by atoms with Gasteiger partial charge in [-0.05, 0) is 49.4 Å². The summed E-state index contributed by atoms with van der Waals surface area (Å²) in [4.78, 5) is 13.1. The summed E-state index contributed by atoms with van der Waals surface area (Å²) in [7, 11) is 4.80. The molecule has 1 amide bonds. The number of carbonyl (C=O) groups excluding carboxylic acids is 1. The number of ether oxygens (including phenoxy) is 4. The van der Waals surface area contributed by atoms with Crippen LogP contribution in [0.5, 0.6) is 23.0 Å². The van der Waals surface area contributed by atoms with Crippen molar-refractivity contribution >= 4 is 17.7 Å². The van der Waals surface area contributed by atoms with Crippen molar-refractivity contribution in [3.05, 3.63) is 42.5 Å². The van der Waals surface area contributed by atoms with Gasteiger partial charge in [0.05, 0.1) is 33.1 Å². The summed E-state index contributed by atoms with van der Waals surface area (Å²) in [5.74, 6) is 3.07.